The van der Waals surface area contributed by atoms with Crippen LogP contribution in [-0.4, -0.2) is 47.9 Å². The van der Waals surface area contributed by atoms with Crippen molar-refractivity contribution < 1.29 is 19.1 Å². The van der Waals surface area contributed by atoms with Gasteiger partial charge in [-0.3, -0.25) is 4.79 Å². The van der Waals surface area contributed by atoms with Crippen LogP contribution in [0.2, 0.25) is 5.02 Å². The number of carbonyl (C=O) groups is 2. The number of carbonyl (C=O) groups excluding carboxylic acids is 2. The second-order valence-electron chi connectivity index (χ2n) is 4.84. The van der Waals surface area contributed by atoms with Crippen molar-refractivity contribution in [1.82, 2.24) is 14.7 Å². The highest BCUT2D eigenvalue weighted by Crippen LogP contribution is 2.17. The van der Waals surface area contributed by atoms with E-state index in [2.05, 4.69) is 9.84 Å². The summed E-state index contributed by atoms with van der Waals surface area (Å²) in [5, 5.41) is 4.43. The van der Waals surface area contributed by atoms with E-state index < -0.39 is 17.6 Å². The Balaban J connectivity index is 2.56. The normalized spacial score (nSPS) is 10.2. The summed E-state index contributed by atoms with van der Waals surface area (Å²) in [6, 6.07) is 7.26. The van der Waals surface area contributed by atoms with E-state index in [0.717, 1.165) is 22.8 Å². The lowest BCUT2D eigenvalue weighted by molar-refractivity contribution is 0.0587. The van der Waals surface area contributed by atoms with Crippen LogP contribution in [0.25, 0.3) is 5.69 Å². The van der Waals surface area contributed by atoms with Crippen molar-refractivity contribution >= 4 is 23.7 Å². The minimum atomic E-state index is -0.848. The molecule has 0 N–H and O–H groups in total. The standard InChI is InChI=1S/C15H14ClN3O5/c1-18(2)15(22)24-11-8-12(20)19(17-13(11)14(21)23-3)10-6-4-9(16)5-7-10/h4-8H,1-3H3. The van der Waals surface area contributed by atoms with Gasteiger partial charge in [0, 0.05) is 19.1 Å². The molecule has 2 aromatic rings. The second-order valence-corrected chi connectivity index (χ2v) is 5.27. The Hall–Kier alpha value is -2.87. The van der Waals surface area contributed by atoms with Crippen molar-refractivity contribution in [1.29, 1.82) is 0 Å². The van der Waals surface area contributed by atoms with Gasteiger partial charge in [0.1, 0.15) is 0 Å². The SMILES string of the molecule is COC(=O)c1nn(-c2ccc(Cl)cc2)c(=O)cc1OC(=O)N(C)C. The Morgan fingerprint density at radius 2 is 1.83 bits per heavy atom. The highest BCUT2D eigenvalue weighted by molar-refractivity contribution is 6.30. The van der Waals surface area contributed by atoms with Crippen LogP contribution < -0.4 is 10.3 Å². The summed E-state index contributed by atoms with van der Waals surface area (Å²) in [4.78, 5) is 37.0. The van der Waals surface area contributed by atoms with Gasteiger partial charge in [-0.15, -0.1) is 0 Å². The third kappa shape index (κ3) is 3.72. The third-order valence-corrected chi connectivity index (χ3v) is 3.16. The fraction of sp³-hybridized carbons (Fsp3) is 0.200. The second kappa shape index (κ2) is 7.14. The molecule has 0 aliphatic carbocycles. The topological polar surface area (TPSA) is 90.7 Å². The van der Waals surface area contributed by atoms with Crippen molar-refractivity contribution in [3.05, 3.63) is 51.4 Å². The van der Waals surface area contributed by atoms with Crippen LogP contribution in [0.4, 0.5) is 4.79 Å². The Morgan fingerprint density at radius 1 is 1.21 bits per heavy atom. The monoisotopic (exact) mass is 351 g/mol. The lowest BCUT2D eigenvalue weighted by atomic mass is 10.3. The van der Waals surface area contributed by atoms with Crippen molar-refractivity contribution in [2.45, 2.75) is 0 Å². The highest BCUT2D eigenvalue weighted by atomic mass is 35.5. The van der Waals surface area contributed by atoms with Crippen molar-refractivity contribution in [2.24, 2.45) is 0 Å². The lowest BCUT2D eigenvalue weighted by Gasteiger charge is -2.13. The average Bonchev–Trinajstić information content (AvgIpc) is 2.55. The lowest BCUT2D eigenvalue weighted by Crippen LogP contribution is -2.29. The van der Waals surface area contributed by atoms with Crippen LogP contribution in [0.3, 0.4) is 0 Å². The summed E-state index contributed by atoms with van der Waals surface area (Å²) in [7, 11) is 4.07. The summed E-state index contributed by atoms with van der Waals surface area (Å²) in [6.07, 6.45) is -0.759. The van der Waals surface area contributed by atoms with E-state index in [4.69, 9.17) is 16.3 Å². The number of methoxy groups -OCH3 is 1. The third-order valence-electron chi connectivity index (χ3n) is 2.91. The molecule has 0 aliphatic rings. The summed E-state index contributed by atoms with van der Waals surface area (Å²) < 4.78 is 10.6. The molecule has 0 saturated carbocycles. The summed E-state index contributed by atoms with van der Waals surface area (Å²) >= 11 is 5.81. The van der Waals surface area contributed by atoms with Crippen LogP contribution in [0, 0.1) is 0 Å². The number of hydrogen-bond acceptors (Lipinski definition) is 6. The molecule has 0 radical (unpaired) electrons. The van der Waals surface area contributed by atoms with Gasteiger partial charge in [-0.1, -0.05) is 11.6 Å². The largest absolute Gasteiger partial charge is 0.464 e. The quantitative estimate of drug-likeness (QED) is 0.782. The molecule has 8 nitrogen and oxygen atoms in total. The zero-order valence-corrected chi connectivity index (χ0v) is 13.9. The molecule has 0 saturated heterocycles. The van der Waals surface area contributed by atoms with E-state index in [1.165, 1.54) is 14.1 Å². The molecule has 0 fully saturated rings. The summed E-state index contributed by atoms with van der Waals surface area (Å²) in [5.41, 5.74) is -0.506. The minimum Gasteiger partial charge on any atom is -0.464 e. The molecule has 0 unspecified atom stereocenters. The van der Waals surface area contributed by atoms with Crippen LogP contribution in [0.1, 0.15) is 10.5 Å². The number of amides is 1. The number of nitrogens with zero attached hydrogens (tertiary/aromatic N) is 3. The molecule has 0 aliphatic heterocycles. The first-order chi connectivity index (χ1) is 11.3. The smallest absolute Gasteiger partial charge is 0.414 e. The predicted molar refractivity (Wildman–Crippen MR) is 85.9 cm³/mol. The zero-order valence-electron chi connectivity index (χ0n) is 13.1. The van der Waals surface area contributed by atoms with Crippen LogP contribution in [0.5, 0.6) is 5.75 Å². The van der Waals surface area contributed by atoms with Gasteiger partial charge in [-0.05, 0) is 24.3 Å². The molecular formula is C15H14ClN3O5. The van der Waals surface area contributed by atoms with Crippen LogP contribution in [-0.2, 0) is 4.74 Å². The molecule has 0 bridgehead atoms. The summed E-state index contributed by atoms with van der Waals surface area (Å²) in [6.45, 7) is 0. The number of esters is 1. The number of ether oxygens (including phenoxy) is 2. The van der Waals surface area contributed by atoms with E-state index in [-0.39, 0.29) is 11.4 Å². The molecule has 9 heteroatoms. The molecule has 1 amide bonds. The van der Waals surface area contributed by atoms with Gasteiger partial charge in [0.15, 0.2) is 5.75 Å². The van der Waals surface area contributed by atoms with E-state index in [1.54, 1.807) is 24.3 Å². The molecule has 1 aromatic heterocycles. The van der Waals surface area contributed by atoms with Gasteiger partial charge in [-0.25, -0.2) is 9.59 Å². The molecule has 0 spiro atoms. The Labute approximate surface area is 142 Å². The maximum Gasteiger partial charge on any atom is 0.414 e. The first-order valence-corrected chi connectivity index (χ1v) is 7.09. The molecular weight excluding hydrogens is 338 g/mol. The molecule has 1 aromatic carbocycles. The van der Waals surface area contributed by atoms with Crippen molar-refractivity contribution in [2.75, 3.05) is 21.2 Å². The molecule has 0 atom stereocenters. The van der Waals surface area contributed by atoms with Crippen LogP contribution in [0.15, 0.2) is 35.1 Å². The van der Waals surface area contributed by atoms with Crippen LogP contribution >= 0.6 is 11.6 Å². The average molecular weight is 352 g/mol. The van der Waals surface area contributed by atoms with E-state index in [1.807, 2.05) is 0 Å². The number of aromatic nitrogens is 2. The first kappa shape index (κ1) is 17.5. The zero-order chi connectivity index (χ0) is 17.9. The van der Waals surface area contributed by atoms with Crippen molar-refractivity contribution in [3.8, 4) is 11.4 Å². The fourth-order valence-electron chi connectivity index (χ4n) is 1.71. The van der Waals surface area contributed by atoms with Gasteiger partial charge < -0.3 is 14.4 Å². The van der Waals surface area contributed by atoms with Gasteiger partial charge in [0.2, 0.25) is 5.69 Å². The van der Waals surface area contributed by atoms with Gasteiger partial charge >= 0.3 is 12.1 Å². The molecule has 24 heavy (non-hydrogen) atoms. The van der Waals surface area contributed by atoms with Gasteiger partial charge in [0.05, 0.1) is 18.9 Å². The Morgan fingerprint density at radius 3 is 2.38 bits per heavy atom. The number of halogens is 1. The molecule has 2 rings (SSSR count). The number of rotatable bonds is 3. The molecule has 1 heterocycles. The van der Waals surface area contributed by atoms with Gasteiger partial charge in [0.25, 0.3) is 5.56 Å². The number of hydrogen-bond donors (Lipinski definition) is 0. The Kier molecular flexibility index (Phi) is 5.20. The predicted octanol–water partition coefficient (Wildman–Crippen LogP) is 1.73. The summed E-state index contributed by atoms with van der Waals surface area (Å²) in [5.74, 6) is -1.13. The number of benzene rings is 1. The maximum atomic E-state index is 12.3. The van der Waals surface area contributed by atoms with Gasteiger partial charge in [-0.2, -0.15) is 9.78 Å². The Bertz CT molecular complexity index is 830. The van der Waals surface area contributed by atoms with Crippen molar-refractivity contribution in [3.63, 3.8) is 0 Å². The molecule has 126 valence electrons. The highest BCUT2D eigenvalue weighted by Gasteiger charge is 2.22. The maximum absolute atomic E-state index is 12.3. The first-order valence-electron chi connectivity index (χ1n) is 6.71. The minimum absolute atomic E-state index is 0.282. The van der Waals surface area contributed by atoms with E-state index in [0.29, 0.717) is 10.7 Å². The fourth-order valence-corrected chi connectivity index (χ4v) is 1.83. The van der Waals surface area contributed by atoms with E-state index in [9.17, 15) is 14.4 Å². The van der Waals surface area contributed by atoms with E-state index >= 15 is 0 Å².